The SMILES string of the molecule is O=C(CCc1ccccc1)Nc1cc(C(F)(F)F)ccc1N1CCOCC1. The summed E-state index contributed by atoms with van der Waals surface area (Å²) in [6, 6.07) is 13.0. The Morgan fingerprint density at radius 3 is 2.44 bits per heavy atom. The summed E-state index contributed by atoms with van der Waals surface area (Å²) in [6.45, 7) is 2.14. The number of ether oxygens (including phenoxy) is 1. The van der Waals surface area contributed by atoms with E-state index in [0.717, 1.165) is 17.7 Å². The third kappa shape index (κ3) is 5.23. The Bertz CT molecular complexity index is 773. The Morgan fingerprint density at radius 2 is 1.78 bits per heavy atom. The minimum Gasteiger partial charge on any atom is -0.378 e. The second kappa shape index (κ2) is 8.43. The van der Waals surface area contributed by atoms with Gasteiger partial charge in [0.2, 0.25) is 5.91 Å². The lowest BCUT2D eigenvalue weighted by atomic mass is 10.1. The van der Waals surface area contributed by atoms with E-state index in [1.807, 2.05) is 35.2 Å². The van der Waals surface area contributed by atoms with E-state index in [4.69, 9.17) is 4.74 Å². The van der Waals surface area contributed by atoms with Gasteiger partial charge < -0.3 is 15.0 Å². The molecule has 144 valence electrons. The van der Waals surface area contributed by atoms with Crippen LogP contribution in [0.2, 0.25) is 0 Å². The lowest BCUT2D eigenvalue weighted by Gasteiger charge is -2.31. The monoisotopic (exact) mass is 378 g/mol. The molecule has 4 nitrogen and oxygen atoms in total. The van der Waals surface area contributed by atoms with Crippen LogP contribution in [0.15, 0.2) is 48.5 Å². The van der Waals surface area contributed by atoms with Crippen molar-refractivity contribution in [1.82, 2.24) is 0 Å². The van der Waals surface area contributed by atoms with E-state index in [-0.39, 0.29) is 18.0 Å². The van der Waals surface area contributed by atoms with E-state index in [1.165, 1.54) is 6.07 Å². The molecule has 1 N–H and O–H groups in total. The van der Waals surface area contributed by atoms with E-state index in [0.29, 0.717) is 38.4 Å². The number of anilines is 2. The fourth-order valence-corrected chi connectivity index (χ4v) is 3.01. The van der Waals surface area contributed by atoms with Gasteiger partial charge in [-0.25, -0.2) is 0 Å². The zero-order valence-electron chi connectivity index (χ0n) is 14.8. The Kier molecular flexibility index (Phi) is 6.01. The van der Waals surface area contributed by atoms with E-state index < -0.39 is 11.7 Å². The molecule has 1 aliphatic heterocycles. The summed E-state index contributed by atoms with van der Waals surface area (Å²) in [6.07, 6.45) is -3.74. The summed E-state index contributed by atoms with van der Waals surface area (Å²) in [5.74, 6) is -0.312. The summed E-state index contributed by atoms with van der Waals surface area (Å²) in [4.78, 5) is 14.3. The van der Waals surface area contributed by atoms with Crippen LogP contribution in [0.25, 0.3) is 0 Å². The van der Waals surface area contributed by atoms with Crippen molar-refractivity contribution in [2.24, 2.45) is 0 Å². The van der Waals surface area contributed by atoms with Gasteiger partial charge in [-0.15, -0.1) is 0 Å². The molecule has 27 heavy (non-hydrogen) atoms. The van der Waals surface area contributed by atoms with Crippen LogP contribution in [-0.4, -0.2) is 32.2 Å². The van der Waals surface area contributed by atoms with Crippen LogP contribution in [0.5, 0.6) is 0 Å². The highest BCUT2D eigenvalue weighted by molar-refractivity contribution is 5.94. The zero-order chi connectivity index (χ0) is 19.3. The molecule has 1 saturated heterocycles. The molecule has 1 heterocycles. The molecule has 0 atom stereocenters. The number of rotatable bonds is 5. The topological polar surface area (TPSA) is 41.6 Å². The molecule has 2 aromatic rings. The number of benzene rings is 2. The van der Waals surface area contributed by atoms with Crippen LogP contribution in [0.1, 0.15) is 17.5 Å². The van der Waals surface area contributed by atoms with E-state index in [1.54, 1.807) is 0 Å². The number of hydrogen-bond acceptors (Lipinski definition) is 3. The average Bonchev–Trinajstić information content (AvgIpc) is 2.67. The number of aryl methyl sites for hydroxylation is 1. The fourth-order valence-electron chi connectivity index (χ4n) is 3.01. The Balaban J connectivity index is 1.76. The van der Waals surface area contributed by atoms with Gasteiger partial charge in [0.05, 0.1) is 30.2 Å². The number of morpholine rings is 1. The van der Waals surface area contributed by atoms with Gasteiger partial charge in [-0.1, -0.05) is 30.3 Å². The summed E-state index contributed by atoms with van der Waals surface area (Å²) < 4.78 is 44.6. The van der Waals surface area contributed by atoms with Crippen LogP contribution in [-0.2, 0) is 22.1 Å². The molecular formula is C20H21F3N2O2. The molecular weight excluding hydrogens is 357 g/mol. The molecule has 7 heteroatoms. The molecule has 0 aliphatic carbocycles. The molecule has 0 bridgehead atoms. The van der Waals surface area contributed by atoms with Crippen LogP contribution in [0, 0.1) is 0 Å². The van der Waals surface area contributed by atoms with Crippen molar-refractivity contribution in [3.63, 3.8) is 0 Å². The normalized spacial score (nSPS) is 14.9. The first-order chi connectivity index (χ1) is 12.9. The smallest absolute Gasteiger partial charge is 0.378 e. The second-order valence-electron chi connectivity index (χ2n) is 6.36. The van der Waals surface area contributed by atoms with Crippen LogP contribution >= 0.6 is 0 Å². The van der Waals surface area contributed by atoms with Gasteiger partial charge in [-0.05, 0) is 30.2 Å². The van der Waals surface area contributed by atoms with E-state index in [2.05, 4.69) is 5.32 Å². The van der Waals surface area contributed by atoms with Crippen molar-refractivity contribution in [3.05, 3.63) is 59.7 Å². The third-order valence-corrected chi connectivity index (χ3v) is 4.43. The number of alkyl halides is 3. The number of carbonyl (C=O) groups excluding carboxylic acids is 1. The molecule has 1 amide bonds. The highest BCUT2D eigenvalue weighted by atomic mass is 19.4. The molecule has 0 spiro atoms. The number of halogens is 3. The maximum absolute atomic E-state index is 13.1. The van der Waals surface area contributed by atoms with Gasteiger partial charge in [-0.2, -0.15) is 13.2 Å². The highest BCUT2D eigenvalue weighted by Gasteiger charge is 2.31. The van der Waals surface area contributed by atoms with Crippen LogP contribution in [0.4, 0.5) is 24.5 Å². The first kappa shape index (κ1) is 19.2. The first-order valence-electron chi connectivity index (χ1n) is 8.81. The average molecular weight is 378 g/mol. The van der Waals surface area contributed by atoms with Gasteiger partial charge in [0, 0.05) is 19.5 Å². The summed E-state index contributed by atoms with van der Waals surface area (Å²) >= 11 is 0. The Hall–Kier alpha value is -2.54. The number of hydrogen-bond donors (Lipinski definition) is 1. The first-order valence-corrected chi connectivity index (χ1v) is 8.81. The van der Waals surface area contributed by atoms with Crippen molar-refractivity contribution in [2.45, 2.75) is 19.0 Å². The molecule has 1 aliphatic rings. The maximum atomic E-state index is 13.1. The van der Waals surface area contributed by atoms with Crippen molar-refractivity contribution in [2.75, 3.05) is 36.5 Å². The van der Waals surface area contributed by atoms with Crippen molar-refractivity contribution >= 4 is 17.3 Å². The van der Waals surface area contributed by atoms with E-state index >= 15 is 0 Å². The summed E-state index contributed by atoms with van der Waals surface area (Å²) in [7, 11) is 0. The predicted molar refractivity (Wildman–Crippen MR) is 97.9 cm³/mol. The predicted octanol–water partition coefficient (Wildman–Crippen LogP) is 4.11. The number of amides is 1. The minimum atomic E-state index is -4.47. The third-order valence-electron chi connectivity index (χ3n) is 4.43. The van der Waals surface area contributed by atoms with Crippen molar-refractivity contribution < 1.29 is 22.7 Å². The molecule has 0 saturated carbocycles. The molecule has 2 aromatic carbocycles. The number of nitrogens with one attached hydrogen (secondary N) is 1. The maximum Gasteiger partial charge on any atom is 0.416 e. The van der Waals surface area contributed by atoms with Gasteiger partial charge in [0.25, 0.3) is 0 Å². The van der Waals surface area contributed by atoms with Gasteiger partial charge in [0.1, 0.15) is 0 Å². The van der Waals surface area contributed by atoms with Crippen LogP contribution in [0.3, 0.4) is 0 Å². The Morgan fingerprint density at radius 1 is 1.07 bits per heavy atom. The van der Waals surface area contributed by atoms with Gasteiger partial charge >= 0.3 is 6.18 Å². The Labute approximate surface area is 155 Å². The minimum absolute atomic E-state index is 0.185. The molecule has 0 unspecified atom stereocenters. The number of carbonyl (C=O) groups is 1. The number of nitrogens with zero attached hydrogens (tertiary/aromatic N) is 1. The van der Waals surface area contributed by atoms with Gasteiger partial charge in [0.15, 0.2) is 0 Å². The second-order valence-corrected chi connectivity index (χ2v) is 6.36. The summed E-state index contributed by atoms with van der Waals surface area (Å²) in [5.41, 5.74) is 0.993. The van der Waals surface area contributed by atoms with E-state index in [9.17, 15) is 18.0 Å². The zero-order valence-corrected chi connectivity index (χ0v) is 14.8. The highest BCUT2D eigenvalue weighted by Crippen LogP contribution is 2.35. The lowest BCUT2D eigenvalue weighted by Crippen LogP contribution is -2.36. The quantitative estimate of drug-likeness (QED) is 0.851. The summed E-state index contributed by atoms with van der Waals surface area (Å²) in [5, 5.41) is 2.67. The molecule has 0 radical (unpaired) electrons. The standard InChI is InChI=1S/C20H21F3N2O2/c21-20(22,23)16-7-8-18(25-10-12-27-13-11-25)17(14-16)24-19(26)9-6-15-4-2-1-3-5-15/h1-5,7-8,14H,6,9-13H2,(H,24,26). The van der Waals surface area contributed by atoms with Crippen LogP contribution < -0.4 is 10.2 Å². The fraction of sp³-hybridized carbons (Fsp3) is 0.350. The van der Waals surface area contributed by atoms with Crippen molar-refractivity contribution in [3.8, 4) is 0 Å². The lowest BCUT2D eigenvalue weighted by molar-refractivity contribution is -0.137. The molecule has 1 fully saturated rings. The van der Waals surface area contributed by atoms with Crippen molar-refractivity contribution in [1.29, 1.82) is 0 Å². The van der Waals surface area contributed by atoms with Gasteiger partial charge in [-0.3, -0.25) is 4.79 Å². The largest absolute Gasteiger partial charge is 0.416 e. The molecule has 3 rings (SSSR count). The molecule has 0 aromatic heterocycles.